The second-order valence-electron chi connectivity index (χ2n) is 6.01. The van der Waals surface area contributed by atoms with Crippen LogP contribution in [0.3, 0.4) is 0 Å². The molecule has 0 saturated carbocycles. The average molecular weight is 313 g/mol. The fourth-order valence-corrected chi connectivity index (χ4v) is 2.57. The van der Waals surface area contributed by atoms with E-state index in [-0.39, 0.29) is 31.0 Å². The lowest BCUT2D eigenvalue weighted by Gasteiger charge is -2.23. The van der Waals surface area contributed by atoms with Crippen molar-refractivity contribution in [2.24, 2.45) is 0 Å². The SMILES string of the molecule is CC(C)(C)NC(=O)CCN(Cc1cccnc1)S(C)(=O)=O. The molecule has 0 bridgehead atoms. The molecule has 0 atom stereocenters. The maximum atomic E-state index is 11.8. The predicted molar refractivity (Wildman–Crippen MR) is 82.0 cm³/mol. The molecule has 1 heterocycles. The highest BCUT2D eigenvalue weighted by molar-refractivity contribution is 7.88. The normalized spacial score (nSPS) is 12.4. The zero-order valence-corrected chi connectivity index (χ0v) is 13.8. The summed E-state index contributed by atoms with van der Waals surface area (Å²) < 4.78 is 24.9. The van der Waals surface area contributed by atoms with Gasteiger partial charge in [0.15, 0.2) is 0 Å². The number of amides is 1. The first kappa shape index (κ1) is 17.6. The average Bonchev–Trinajstić information content (AvgIpc) is 2.32. The van der Waals surface area contributed by atoms with Gasteiger partial charge in [0.25, 0.3) is 0 Å². The Morgan fingerprint density at radius 1 is 1.38 bits per heavy atom. The third kappa shape index (κ3) is 7.19. The Morgan fingerprint density at radius 3 is 2.52 bits per heavy atom. The Hall–Kier alpha value is -1.47. The predicted octanol–water partition coefficient (Wildman–Crippen LogP) is 1.15. The van der Waals surface area contributed by atoms with E-state index in [4.69, 9.17) is 0 Å². The summed E-state index contributed by atoms with van der Waals surface area (Å²) >= 11 is 0. The maximum absolute atomic E-state index is 11.8. The lowest BCUT2D eigenvalue weighted by atomic mass is 10.1. The molecule has 1 amide bonds. The van der Waals surface area contributed by atoms with Crippen molar-refractivity contribution in [1.82, 2.24) is 14.6 Å². The van der Waals surface area contributed by atoms with Crippen LogP contribution in [-0.2, 0) is 21.4 Å². The fourth-order valence-electron chi connectivity index (χ4n) is 1.76. The number of pyridine rings is 1. The summed E-state index contributed by atoms with van der Waals surface area (Å²) in [5, 5.41) is 2.82. The molecule has 6 nitrogen and oxygen atoms in total. The number of aromatic nitrogens is 1. The molecule has 0 aromatic carbocycles. The van der Waals surface area contributed by atoms with Gasteiger partial charge in [0.1, 0.15) is 0 Å². The highest BCUT2D eigenvalue weighted by Crippen LogP contribution is 2.08. The van der Waals surface area contributed by atoms with Crippen LogP contribution in [0.2, 0.25) is 0 Å². The molecular weight excluding hydrogens is 290 g/mol. The maximum Gasteiger partial charge on any atom is 0.221 e. The minimum absolute atomic E-state index is 0.130. The summed E-state index contributed by atoms with van der Waals surface area (Å²) in [7, 11) is -3.38. The molecular formula is C14H23N3O3S. The third-order valence-corrected chi connectivity index (χ3v) is 3.90. The molecule has 0 spiro atoms. The van der Waals surface area contributed by atoms with Crippen LogP contribution in [0.15, 0.2) is 24.5 Å². The van der Waals surface area contributed by atoms with Crippen LogP contribution in [0.1, 0.15) is 32.8 Å². The first-order valence-electron chi connectivity index (χ1n) is 6.73. The number of hydrogen-bond acceptors (Lipinski definition) is 4. The van der Waals surface area contributed by atoms with E-state index in [0.717, 1.165) is 11.8 Å². The molecule has 1 rings (SSSR count). The van der Waals surface area contributed by atoms with Crippen molar-refractivity contribution in [3.63, 3.8) is 0 Å². The van der Waals surface area contributed by atoms with Crippen LogP contribution in [-0.4, -0.2) is 42.0 Å². The van der Waals surface area contributed by atoms with Gasteiger partial charge < -0.3 is 5.32 Å². The Kier molecular flexibility index (Phi) is 5.86. The fraction of sp³-hybridized carbons (Fsp3) is 0.571. The van der Waals surface area contributed by atoms with E-state index >= 15 is 0 Å². The van der Waals surface area contributed by atoms with Crippen LogP contribution in [0.25, 0.3) is 0 Å². The first-order chi connectivity index (χ1) is 9.58. The van der Waals surface area contributed by atoms with Gasteiger partial charge in [0, 0.05) is 37.4 Å². The van der Waals surface area contributed by atoms with E-state index in [1.165, 1.54) is 4.31 Å². The number of nitrogens with zero attached hydrogens (tertiary/aromatic N) is 2. The van der Waals surface area contributed by atoms with Gasteiger partial charge in [-0.3, -0.25) is 9.78 Å². The second kappa shape index (κ2) is 7.00. The van der Waals surface area contributed by atoms with E-state index in [2.05, 4.69) is 10.3 Å². The first-order valence-corrected chi connectivity index (χ1v) is 8.58. The monoisotopic (exact) mass is 313 g/mol. The highest BCUT2D eigenvalue weighted by Gasteiger charge is 2.20. The summed E-state index contributed by atoms with van der Waals surface area (Å²) in [6, 6.07) is 3.56. The van der Waals surface area contributed by atoms with Gasteiger partial charge in [0.2, 0.25) is 15.9 Å². The Balaban J connectivity index is 2.66. The zero-order chi connectivity index (χ0) is 16.1. The molecule has 1 N–H and O–H groups in total. The van der Waals surface area contributed by atoms with Gasteiger partial charge >= 0.3 is 0 Å². The lowest BCUT2D eigenvalue weighted by Crippen LogP contribution is -2.42. The molecule has 0 radical (unpaired) electrons. The topological polar surface area (TPSA) is 79.4 Å². The molecule has 0 aliphatic rings. The zero-order valence-electron chi connectivity index (χ0n) is 13.0. The van der Waals surface area contributed by atoms with E-state index in [9.17, 15) is 13.2 Å². The molecule has 0 aliphatic heterocycles. The van der Waals surface area contributed by atoms with Gasteiger partial charge in [-0.2, -0.15) is 4.31 Å². The summed E-state index contributed by atoms with van der Waals surface area (Å²) in [5.74, 6) is -0.165. The van der Waals surface area contributed by atoms with Crippen molar-refractivity contribution >= 4 is 15.9 Å². The van der Waals surface area contributed by atoms with E-state index < -0.39 is 10.0 Å². The quantitative estimate of drug-likeness (QED) is 0.854. The summed E-state index contributed by atoms with van der Waals surface area (Å²) in [6.07, 6.45) is 4.52. The van der Waals surface area contributed by atoms with E-state index in [1.54, 1.807) is 24.5 Å². The molecule has 0 fully saturated rings. The number of rotatable bonds is 6. The Morgan fingerprint density at radius 2 is 2.05 bits per heavy atom. The highest BCUT2D eigenvalue weighted by atomic mass is 32.2. The number of carbonyl (C=O) groups excluding carboxylic acids is 1. The molecule has 118 valence electrons. The van der Waals surface area contributed by atoms with Crippen molar-refractivity contribution < 1.29 is 13.2 Å². The summed E-state index contributed by atoms with van der Waals surface area (Å²) in [6.45, 7) is 6.02. The van der Waals surface area contributed by atoms with Crippen LogP contribution in [0.5, 0.6) is 0 Å². The van der Waals surface area contributed by atoms with Crippen molar-refractivity contribution in [1.29, 1.82) is 0 Å². The van der Waals surface area contributed by atoms with Gasteiger partial charge in [0.05, 0.1) is 6.26 Å². The van der Waals surface area contributed by atoms with Crippen LogP contribution >= 0.6 is 0 Å². The standard InChI is InChI=1S/C14H23N3O3S/c1-14(2,3)16-13(18)7-9-17(21(4,19)20)11-12-6-5-8-15-10-12/h5-6,8,10H,7,9,11H2,1-4H3,(H,16,18). The summed E-state index contributed by atoms with van der Waals surface area (Å²) in [5.41, 5.74) is 0.468. The number of hydrogen-bond donors (Lipinski definition) is 1. The molecule has 1 aromatic rings. The molecule has 7 heteroatoms. The van der Waals surface area contributed by atoms with Crippen LogP contribution < -0.4 is 5.32 Å². The van der Waals surface area contributed by atoms with Crippen molar-refractivity contribution in [2.75, 3.05) is 12.8 Å². The van der Waals surface area contributed by atoms with Gasteiger partial charge in [-0.15, -0.1) is 0 Å². The number of carbonyl (C=O) groups is 1. The van der Waals surface area contributed by atoms with E-state index in [0.29, 0.717) is 0 Å². The van der Waals surface area contributed by atoms with Crippen molar-refractivity contribution in [3.05, 3.63) is 30.1 Å². The lowest BCUT2D eigenvalue weighted by molar-refractivity contribution is -0.122. The smallest absolute Gasteiger partial charge is 0.221 e. The third-order valence-electron chi connectivity index (χ3n) is 2.65. The minimum Gasteiger partial charge on any atom is -0.351 e. The molecule has 21 heavy (non-hydrogen) atoms. The Bertz CT molecular complexity index is 565. The minimum atomic E-state index is -3.38. The van der Waals surface area contributed by atoms with Crippen molar-refractivity contribution in [3.8, 4) is 0 Å². The van der Waals surface area contributed by atoms with Crippen LogP contribution in [0.4, 0.5) is 0 Å². The van der Waals surface area contributed by atoms with E-state index in [1.807, 2.05) is 20.8 Å². The van der Waals surface area contributed by atoms with Crippen molar-refractivity contribution in [2.45, 2.75) is 39.3 Å². The van der Waals surface area contributed by atoms with Gasteiger partial charge in [-0.1, -0.05) is 6.07 Å². The summed E-state index contributed by atoms with van der Waals surface area (Å²) in [4.78, 5) is 15.8. The largest absolute Gasteiger partial charge is 0.351 e. The number of sulfonamides is 1. The number of nitrogens with one attached hydrogen (secondary N) is 1. The molecule has 0 unspecified atom stereocenters. The second-order valence-corrected chi connectivity index (χ2v) is 7.99. The Labute approximate surface area is 126 Å². The van der Waals surface area contributed by atoms with Gasteiger partial charge in [-0.05, 0) is 32.4 Å². The molecule has 0 aliphatic carbocycles. The van der Waals surface area contributed by atoms with Gasteiger partial charge in [-0.25, -0.2) is 8.42 Å². The molecule has 0 saturated heterocycles. The van der Waals surface area contributed by atoms with Crippen LogP contribution in [0, 0.1) is 0 Å². The molecule has 1 aromatic heterocycles.